The van der Waals surface area contributed by atoms with Crippen LogP contribution < -0.4 is 5.32 Å². The highest BCUT2D eigenvalue weighted by Gasteiger charge is 2.18. The van der Waals surface area contributed by atoms with Crippen LogP contribution in [0.3, 0.4) is 0 Å². The van der Waals surface area contributed by atoms with E-state index in [0.29, 0.717) is 19.4 Å². The van der Waals surface area contributed by atoms with E-state index in [1.807, 2.05) is 6.08 Å². The van der Waals surface area contributed by atoms with E-state index in [1.54, 1.807) is 6.08 Å². The number of aliphatic hydroxyl groups excluding tert-OH is 2. The van der Waals surface area contributed by atoms with Crippen molar-refractivity contribution in [2.24, 2.45) is 0 Å². The molecule has 0 aromatic heterocycles. The van der Waals surface area contributed by atoms with Gasteiger partial charge in [-0.05, 0) is 57.8 Å². The SMILES string of the molecule is CCCCCC/C=C\CCCCCCCC(=O)OCCCCCCCCCCCCCCCCCCCCCCCCCCCCCCC(=O)NC(CO)C(O)/C=C/CCCCCCCCCCCCCCCC. The molecule has 0 spiro atoms. The molecule has 0 aromatic rings. The maximum absolute atomic E-state index is 12.5. The fraction of sp³-hybridized carbons (Fsp3) is 0.912. The molecule has 0 saturated carbocycles. The lowest BCUT2D eigenvalue weighted by Gasteiger charge is -2.20. The molecule has 0 bridgehead atoms. The van der Waals surface area contributed by atoms with E-state index >= 15 is 0 Å². The van der Waals surface area contributed by atoms with E-state index in [-0.39, 0.29) is 18.5 Å². The first-order valence-corrected chi connectivity index (χ1v) is 33.6. The first kappa shape index (κ1) is 72.3. The summed E-state index contributed by atoms with van der Waals surface area (Å²) in [6, 6.07) is -0.625. The van der Waals surface area contributed by atoms with Crippen LogP contribution in [0, 0.1) is 0 Å². The van der Waals surface area contributed by atoms with Crippen LogP contribution in [0.5, 0.6) is 0 Å². The topological polar surface area (TPSA) is 95.9 Å². The number of ether oxygens (including phenoxy) is 1. The molecule has 0 aliphatic rings. The smallest absolute Gasteiger partial charge is 0.305 e. The van der Waals surface area contributed by atoms with Crippen LogP contribution >= 0.6 is 0 Å². The van der Waals surface area contributed by atoms with Crippen LogP contribution in [0.15, 0.2) is 24.3 Å². The van der Waals surface area contributed by atoms with Gasteiger partial charge in [0.15, 0.2) is 0 Å². The molecular formula is C68H131NO5. The summed E-state index contributed by atoms with van der Waals surface area (Å²) in [7, 11) is 0. The Morgan fingerprint density at radius 2 is 0.635 bits per heavy atom. The summed E-state index contributed by atoms with van der Waals surface area (Å²) >= 11 is 0. The third kappa shape index (κ3) is 59.6. The molecule has 0 radical (unpaired) electrons. The minimum atomic E-state index is -0.842. The fourth-order valence-electron chi connectivity index (χ4n) is 10.6. The first-order valence-electron chi connectivity index (χ1n) is 33.6. The first-order chi connectivity index (χ1) is 36.5. The summed E-state index contributed by atoms with van der Waals surface area (Å²) in [6.45, 7) is 4.92. The molecule has 0 heterocycles. The van der Waals surface area contributed by atoms with Gasteiger partial charge in [-0.1, -0.05) is 327 Å². The largest absolute Gasteiger partial charge is 0.466 e. The monoisotopic (exact) mass is 1040 g/mol. The van der Waals surface area contributed by atoms with Crippen LogP contribution in [0.2, 0.25) is 0 Å². The van der Waals surface area contributed by atoms with Gasteiger partial charge in [-0.25, -0.2) is 0 Å². The molecule has 0 rings (SSSR count). The molecule has 6 heteroatoms. The summed E-state index contributed by atoms with van der Waals surface area (Å²) in [5, 5.41) is 23.2. The number of hydrogen-bond acceptors (Lipinski definition) is 5. The molecule has 74 heavy (non-hydrogen) atoms. The Bertz CT molecular complexity index is 1150. The zero-order valence-electron chi connectivity index (χ0n) is 50.1. The van der Waals surface area contributed by atoms with E-state index in [9.17, 15) is 19.8 Å². The number of rotatable bonds is 63. The van der Waals surface area contributed by atoms with Gasteiger partial charge in [-0.2, -0.15) is 0 Å². The van der Waals surface area contributed by atoms with Gasteiger partial charge in [0.2, 0.25) is 5.91 Å². The summed E-state index contributed by atoms with van der Waals surface area (Å²) in [4.78, 5) is 24.5. The van der Waals surface area contributed by atoms with Crippen molar-refractivity contribution in [1.29, 1.82) is 0 Å². The van der Waals surface area contributed by atoms with Gasteiger partial charge in [0.25, 0.3) is 0 Å². The summed E-state index contributed by atoms with van der Waals surface area (Å²) < 4.78 is 5.48. The molecule has 0 fully saturated rings. The van der Waals surface area contributed by atoms with Crippen LogP contribution in [0.4, 0.5) is 0 Å². The summed E-state index contributed by atoms with van der Waals surface area (Å²) in [6.07, 6.45) is 79.6. The number of allylic oxidation sites excluding steroid dienone is 3. The van der Waals surface area contributed by atoms with Crippen molar-refractivity contribution in [3.05, 3.63) is 24.3 Å². The third-order valence-electron chi connectivity index (χ3n) is 15.7. The van der Waals surface area contributed by atoms with Gasteiger partial charge in [0, 0.05) is 12.8 Å². The molecule has 0 aliphatic carbocycles. The number of nitrogens with one attached hydrogen (secondary N) is 1. The molecule has 0 saturated heterocycles. The average Bonchev–Trinajstić information content (AvgIpc) is 3.40. The Kier molecular flexibility index (Phi) is 62.4. The lowest BCUT2D eigenvalue weighted by Crippen LogP contribution is -2.45. The maximum Gasteiger partial charge on any atom is 0.305 e. The van der Waals surface area contributed by atoms with Crippen molar-refractivity contribution >= 4 is 11.9 Å². The summed E-state index contributed by atoms with van der Waals surface area (Å²) in [5.41, 5.74) is 0. The van der Waals surface area contributed by atoms with Crippen molar-refractivity contribution < 1.29 is 24.5 Å². The molecule has 2 atom stereocenters. The number of hydrogen-bond donors (Lipinski definition) is 3. The molecule has 2 unspecified atom stereocenters. The van der Waals surface area contributed by atoms with Crippen molar-refractivity contribution in [3.63, 3.8) is 0 Å². The lowest BCUT2D eigenvalue weighted by atomic mass is 10.0. The fourth-order valence-corrected chi connectivity index (χ4v) is 10.6. The Labute approximate surface area is 462 Å². The number of amides is 1. The Morgan fingerprint density at radius 1 is 0.365 bits per heavy atom. The zero-order chi connectivity index (χ0) is 53.6. The highest BCUT2D eigenvalue weighted by atomic mass is 16.5. The second-order valence-electron chi connectivity index (χ2n) is 23.2. The second kappa shape index (κ2) is 63.9. The van der Waals surface area contributed by atoms with E-state index < -0.39 is 12.1 Å². The minimum Gasteiger partial charge on any atom is -0.466 e. The normalized spacial score (nSPS) is 12.6. The van der Waals surface area contributed by atoms with Gasteiger partial charge >= 0.3 is 5.97 Å². The molecule has 438 valence electrons. The zero-order valence-corrected chi connectivity index (χ0v) is 50.1. The van der Waals surface area contributed by atoms with E-state index in [2.05, 4.69) is 31.3 Å². The predicted molar refractivity (Wildman–Crippen MR) is 324 cm³/mol. The molecular weight excluding hydrogens is 911 g/mol. The second-order valence-corrected chi connectivity index (χ2v) is 23.2. The van der Waals surface area contributed by atoms with E-state index in [4.69, 9.17) is 4.74 Å². The standard InChI is InChI=1S/C68H131NO5/c1-3-5-7-9-11-13-15-17-18-33-37-40-44-48-52-56-60-66(71)65(64-70)69-67(72)61-57-53-49-45-41-38-34-31-29-27-25-23-21-19-20-22-24-26-28-30-32-35-39-43-47-51-55-59-63-74-68(73)62-58-54-50-46-42-36-16-14-12-10-8-6-4-2/h14,16,56,60,65-66,70-71H,3-13,15,17-55,57-59,61-64H2,1-2H3,(H,69,72)/b16-14-,60-56+. The summed E-state index contributed by atoms with van der Waals surface area (Å²) in [5.74, 6) is -0.0527. The number of esters is 1. The number of aliphatic hydroxyl groups is 2. The van der Waals surface area contributed by atoms with E-state index in [0.717, 1.165) is 44.9 Å². The quantitative estimate of drug-likeness (QED) is 0.0320. The minimum absolute atomic E-state index is 0.00958. The van der Waals surface area contributed by atoms with Gasteiger partial charge < -0.3 is 20.3 Å². The van der Waals surface area contributed by atoms with Crippen LogP contribution in [0.1, 0.15) is 373 Å². The molecule has 6 nitrogen and oxygen atoms in total. The van der Waals surface area contributed by atoms with Gasteiger partial charge in [0.05, 0.1) is 25.4 Å². The average molecular weight is 1040 g/mol. The van der Waals surface area contributed by atoms with Crippen LogP contribution in [0.25, 0.3) is 0 Å². The van der Waals surface area contributed by atoms with Gasteiger partial charge in [-0.3, -0.25) is 9.59 Å². The van der Waals surface area contributed by atoms with Gasteiger partial charge in [0.1, 0.15) is 0 Å². The molecule has 3 N–H and O–H groups in total. The molecule has 0 aliphatic heterocycles. The highest BCUT2D eigenvalue weighted by Crippen LogP contribution is 2.18. The van der Waals surface area contributed by atoms with Crippen LogP contribution in [-0.4, -0.2) is 47.4 Å². The Balaban J connectivity index is 3.36. The van der Waals surface area contributed by atoms with Crippen molar-refractivity contribution in [2.75, 3.05) is 13.2 Å². The van der Waals surface area contributed by atoms with Crippen molar-refractivity contribution in [1.82, 2.24) is 5.32 Å². The molecule has 0 aromatic carbocycles. The number of unbranched alkanes of at least 4 members (excludes halogenated alkanes) is 50. The predicted octanol–water partition coefficient (Wildman–Crippen LogP) is 21.4. The highest BCUT2D eigenvalue weighted by molar-refractivity contribution is 5.76. The molecule has 1 amide bonds. The Hall–Kier alpha value is -1.66. The number of carbonyl (C=O) groups excluding carboxylic acids is 2. The lowest BCUT2D eigenvalue weighted by molar-refractivity contribution is -0.143. The Morgan fingerprint density at radius 3 is 0.973 bits per heavy atom. The third-order valence-corrected chi connectivity index (χ3v) is 15.7. The maximum atomic E-state index is 12.5. The van der Waals surface area contributed by atoms with Gasteiger partial charge in [-0.15, -0.1) is 0 Å². The van der Waals surface area contributed by atoms with Crippen molar-refractivity contribution in [2.45, 2.75) is 386 Å². The van der Waals surface area contributed by atoms with Crippen LogP contribution in [-0.2, 0) is 14.3 Å². The van der Waals surface area contributed by atoms with Crippen molar-refractivity contribution in [3.8, 4) is 0 Å². The van der Waals surface area contributed by atoms with E-state index in [1.165, 1.54) is 302 Å². The number of carbonyl (C=O) groups is 2.